The Kier molecular flexibility index (Phi) is 5.03. The fourth-order valence-corrected chi connectivity index (χ4v) is 3.40. The number of Topliss-reactive ketones (excluding diaryl/α,β-unsaturated/α-hetero) is 1. The lowest BCUT2D eigenvalue weighted by Crippen LogP contribution is -2.22. The lowest BCUT2D eigenvalue weighted by atomic mass is 9.78. The number of hydrogen-bond acceptors (Lipinski definition) is 2. The molecule has 0 radical (unpaired) electrons. The fraction of sp³-hybridized carbons (Fsp3) is 0.250. The van der Waals surface area contributed by atoms with Crippen molar-refractivity contribution in [2.75, 3.05) is 0 Å². The first kappa shape index (κ1) is 18.1. The van der Waals surface area contributed by atoms with E-state index in [-0.39, 0.29) is 11.2 Å². The monoisotopic (exact) mass is 343 g/mol. The Morgan fingerprint density at radius 3 is 2.31 bits per heavy atom. The third-order valence-corrected chi connectivity index (χ3v) is 4.97. The summed E-state index contributed by atoms with van der Waals surface area (Å²) >= 11 is 0. The smallest absolute Gasteiger partial charge is 0.164 e. The van der Waals surface area contributed by atoms with Crippen LogP contribution in [0, 0.1) is 13.8 Å². The van der Waals surface area contributed by atoms with Crippen LogP contribution in [0.3, 0.4) is 0 Å². The summed E-state index contributed by atoms with van der Waals surface area (Å²) in [5.41, 5.74) is 5.95. The molecule has 0 saturated heterocycles. The zero-order chi connectivity index (χ0) is 18.7. The summed E-state index contributed by atoms with van der Waals surface area (Å²) in [5.74, 6) is 0.181. The second-order valence-corrected chi connectivity index (χ2v) is 7.55. The van der Waals surface area contributed by atoms with Crippen LogP contribution in [0.1, 0.15) is 47.3 Å². The quantitative estimate of drug-likeness (QED) is 0.539. The lowest BCUT2D eigenvalue weighted by Gasteiger charge is -2.25. The molecule has 0 aliphatic carbocycles. The van der Waals surface area contributed by atoms with Gasteiger partial charge in [0.05, 0.1) is 5.69 Å². The van der Waals surface area contributed by atoms with Crippen LogP contribution in [0.15, 0.2) is 66.9 Å². The Balaban J connectivity index is 1.86. The lowest BCUT2D eigenvalue weighted by molar-refractivity contribution is 0.0957. The molecule has 2 aromatic carbocycles. The van der Waals surface area contributed by atoms with Crippen molar-refractivity contribution >= 4 is 5.78 Å². The molecule has 1 aromatic heterocycles. The minimum Gasteiger partial charge on any atom is -0.294 e. The second-order valence-electron chi connectivity index (χ2n) is 7.55. The van der Waals surface area contributed by atoms with Crippen molar-refractivity contribution in [3.05, 3.63) is 89.1 Å². The Morgan fingerprint density at radius 2 is 1.65 bits per heavy atom. The van der Waals surface area contributed by atoms with Gasteiger partial charge in [0.15, 0.2) is 5.78 Å². The van der Waals surface area contributed by atoms with E-state index in [1.165, 1.54) is 5.56 Å². The van der Waals surface area contributed by atoms with Crippen LogP contribution >= 0.6 is 0 Å². The molecule has 3 rings (SSSR count). The third-order valence-electron chi connectivity index (χ3n) is 4.97. The van der Waals surface area contributed by atoms with Gasteiger partial charge in [-0.2, -0.15) is 0 Å². The molecular weight excluding hydrogens is 318 g/mol. The standard InChI is InChI=1S/C24H25NO/c1-17-9-8-14-25-23(17)19-12-13-21(18(2)15-19)22(26)16-24(3,4)20-10-6-5-7-11-20/h5-15H,16H2,1-4H3. The summed E-state index contributed by atoms with van der Waals surface area (Å²) in [4.78, 5) is 17.4. The van der Waals surface area contributed by atoms with Crippen LogP contribution in [0.2, 0.25) is 0 Å². The number of aromatic nitrogens is 1. The van der Waals surface area contributed by atoms with Gasteiger partial charge in [0.2, 0.25) is 0 Å². The molecule has 132 valence electrons. The highest BCUT2D eigenvalue weighted by Crippen LogP contribution is 2.30. The zero-order valence-corrected chi connectivity index (χ0v) is 15.9. The van der Waals surface area contributed by atoms with Crippen LogP contribution < -0.4 is 0 Å². The van der Waals surface area contributed by atoms with E-state index in [0.29, 0.717) is 6.42 Å². The summed E-state index contributed by atoms with van der Waals surface area (Å²) in [6.07, 6.45) is 2.29. The van der Waals surface area contributed by atoms with Crippen molar-refractivity contribution in [3.63, 3.8) is 0 Å². The van der Waals surface area contributed by atoms with Gasteiger partial charge in [-0.3, -0.25) is 9.78 Å². The van der Waals surface area contributed by atoms with Gasteiger partial charge in [-0.15, -0.1) is 0 Å². The van der Waals surface area contributed by atoms with Gasteiger partial charge in [-0.25, -0.2) is 0 Å². The molecule has 3 aromatic rings. The van der Waals surface area contributed by atoms with Gasteiger partial charge >= 0.3 is 0 Å². The molecular formula is C24H25NO. The number of aryl methyl sites for hydroxylation is 2. The van der Waals surface area contributed by atoms with Crippen LogP contribution in [-0.4, -0.2) is 10.8 Å². The highest BCUT2D eigenvalue weighted by atomic mass is 16.1. The minimum atomic E-state index is -0.193. The largest absolute Gasteiger partial charge is 0.294 e. The Bertz CT molecular complexity index is 926. The van der Waals surface area contributed by atoms with Gasteiger partial charge in [-0.05, 0) is 48.1 Å². The van der Waals surface area contributed by atoms with E-state index in [1.54, 1.807) is 6.20 Å². The van der Waals surface area contributed by atoms with Crippen molar-refractivity contribution < 1.29 is 4.79 Å². The Hall–Kier alpha value is -2.74. The van der Waals surface area contributed by atoms with Gasteiger partial charge in [0.25, 0.3) is 0 Å². The highest BCUT2D eigenvalue weighted by Gasteiger charge is 2.25. The summed E-state index contributed by atoms with van der Waals surface area (Å²) < 4.78 is 0. The molecule has 26 heavy (non-hydrogen) atoms. The number of rotatable bonds is 5. The molecule has 0 saturated carbocycles. The van der Waals surface area contributed by atoms with Gasteiger partial charge in [0.1, 0.15) is 0 Å². The maximum Gasteiger partial charge on any atom is 0.164 e. The summed E-state index contributed by atoms with van der Waals surface area (Å²) in [6, 6.07) is 20.2. The summed E-state index contributed by atoms with van der Waals surface area (Å²) in [7, 11) is 0. The third kappa shape index (κ3) is 3.75. The number of carbonyl (C=O) groups excluding carboxylic acids is 1. The molecule has 1 heterocycles. The van der Waals surface area contributed by atoms with Crippen LogP contribution in [0.4, 0.5) is 0 Å². The Labute approximate surface area is 155 Å². The maximum absolute atomic E-state index is 13.0. The molecule has 0 atom stereocenters. The number of hydrogen-bond donors (Lipinski definition) is 0. The molecule has 0 unspecified atom stereocenters. The van der Waals surface area contributed by atoms with Crippen LogP contribution in [0.5, 0.6) is 0 Å². The normalized spacial score (nSPS) is 11.4. The van der Waals surface area contributed by atoms with Crippen LogP contribution in [-0.2, 0) is 5.41 Å². The van der Waals surface area contributed by atoms with Gasteiger partial charge < -0.3 is 0 Å². The second kappa shape index (κ2) is 7.25. The topological polar surface area (TPSA) is 30.0 Å². The number of ketones is 1. The number of benzene rings is 2. The number of carbonyl (C=O) groups is 1. The molecule has 2 heteroatoms. The average molecular weight is 343 g/mol. The maximum atomic E-state index is 13.0. The summed E-state index contributed by atoms with van der Waals surface area (Å²) in [5, 5.41) is 0. The van der Waals surface area contributed by atoms with Crippen molar-refractivity contribution in [2.45, 2.75) is 39.5 Å². The molecule has 0 N–H and O–H groups in total. The molecule has 0 fully saturated rings. The van der Waals surface area contributed by atoms with Crippen LogP contribution in [0.25, 0.3) is 11.3 Å². The Morgan fingerprint density at radius 1 is 0.923 bits per heavy atom. The van der Waals surface area contributed by atoms with E-state index < -0.39 is 0 Å². The van der Waals surface area contributed by atoms with E-state index in [9.17, 15) is 4.79 Å². The number of pyridine rings is 1. The van der Waals surface area contributed by atoms with E-state index in [2.05, 4.69) is 50.0 Å². The molecule has 0 amide bonds. The van der Waals surface area contributed by atoms with Crippen molar-refractivity contribution in [3.8, 4) is 11.3 Å². The minimum absolute atomic E-state index is 0.181. The van der Waals surface area contributed by atoms with Crippen molar-refractivity contribution in [1.82, 2.24) is 4.98 Å². The summed E-state index contributed by atoms with van der Waals surface area (Å²) in [6.45, 7) is 8.31. The first-order chi connectivity index (χ1) is 12.4. The molecule has 0 bridgehead atoms. The molecule has 0 aliphatic rings. The van der Waals surface area contributed by atoms with Crippen molar-refractivity contribution in [2.24, 2.45) is 0 Å². The average Bonchev–Trinajstić information content (AvgIpc) is 2.62. The van der Waals surface area contributed by atoms with E-state index in [4.69, 9.17) is 0 Å². The molecule has 0 aliphatic heterocycles. The predicted octanol–water partition coefficient (Wildman–Crippen LogP) is 5.92. The van der Waals surface area contributed by atoms with Gasteiger partial charge in [-0.1, -0.05) is 62.4 Å². The SMILES string of the molecule is Cc1cc(-c2ncccc2C)ccc1C(=O)CC(C)(C)c1ccccc1. The first-order valence-corrected chi connectivity index (χ1v) is 9.00. The predicted molar refractivity (Wildman–Crippen MR) is 108 cm³/mol. The zero-order valence-electron chi connectivity index (χ0n) is 15.9. The van der Waals surface area contributed by atoms with E-state index >= 15 is 0 Å². The van der Waals surface area contributed by atoms with E-state index in [0.717, 1.165) is 27.9 Å². The first-order valence-electron chi connectivity index (χ1n) is 9.00. The van der Waals surface area contributed by atoms with Crippen molar-refractivity contribution in [1.29, 1.82) is 0 Å². The number of nitrogens with zero attached hydrogens (tertiary/aromatic N) is 1. The molecule has 0 spiro atoms. The highest BCUT2D eigenvalue weighted by molar-refractivity contribution is 5.98. The fourth-order valence-electron chi connectivity index (χ4n) is 3.40. The van der Waals surface area contributed by atoms with E-state index in [1.807, 2.05) is 43.3 Å². The molecule has 2 nitrogen and oxygen atoms in total. The van der Waals surface area contributed by atoms with Gasteiger partial charge in [0, 0.05) is 23.7 Å².